The molecule has 0 amide bonds. The number of aryl methyl sites for hydroxylation is 2. The van der Waals surface area contributed by atoms with Crippen molar-refractivity contribution in [3.05, 3.63) is 64.1 Å². The zero-order valence-electron chi connectivity index (χ0n) is 17.3. The van der Waals surface area contributed by atoms with Crippen molar-refractivity contribution in [2.24, 2.45) is 7.05 Å². The lowest BCUT2D eigenvalue weighted by Crippen LogP contribution is -2.17. The second-order valence-electron chi connectivity index (χ2n) is 6.87. The second kappa shape index (κ2) is 8.97. The van der Waals surface area contributed by atoms with E-state index < -0.39 is 10.0 Å². The lowest BCUT2D eigenvalue weighted by atomic mass is 10.1. The average molecular weight is 439 g/mol. The molecule has 31 heavy (non-hydrogen) atoms. The molecular formula is C21H21N5O4S. The molecule has 0 aliphatic carbocycles. The summed E-state index contributed by atoms with van der Waals surface area (Å²) in [5, 5.41) is 9.38. The van der Waals surface area contributed by atoms with Gasteiger partial charge in [-0.05, 0) is 31.0 Å². The van der Waals surface area contributed by atoms with Gasteiger partial charge in [-0.15, -0.1) is 0 Å². The number of nitriles is 1. The summed E-state index contributed by atoms with van der Waals surface area (Å²) in [6, 6.07) is 11.4. The highest BCUT2D eigenvalue weighted by molar-refractivity contribution is 7.92. The Kier molecular flexibility index (Phi) is 6.36. The van der Waals surface area contributed by atoms with Gasteiger partial charge in [-0.3, -0.25) is 9.52 Å². The number of para-hydroxylation sites is 1. The predicted octanol–water partition coefficient (Wildman–Crippen LogP) is 2.97. The Hall–Kier alpha value is -3.71. The molecule has 3 aromatic rings. The number of hydrogen-bond acceptors (Lipinski definition) is 7. The first-order valence-electron chi connectivity index (χ1n) is 9.46. The van der Waals surface area contributed by atoms with Crippen molar-refractivity contribution in [3.8, 4) is 29.1 Å². The number of ether oxygens (including phenoxy) is 1. The van der Waals surface area contributed by atoms with E-state index in [9.17, 15) is 18.5 Å². The number of nitrogens with one attached hydrogen (secondary N) is 1. The number of anilines is 1. The second-order valence-corrected chi connectivity index (χ2v) is 8.72. The van der Waals surface area contributed by atoms with Gasteiger partial charge >= 0.3 is 6.01 Å². The van der Waals surface area contributed by atoms with Crippen LogP contribution in [-0.4, -0.2) is 28.7 Å². The quantitative estimate of drug-likeness (QED) is 0.599. The maximum absolute atomic E-state index is 12.3. The Labute approximate surface area is 180 Å². The third kappa shape index (κ3) is 5.26. The van der Waals surface area contributed by atoms with Crippen molar-refractivity contribution in [2.75, 3.05) is 10.5 Å². The molecule has 0 unspecified atom stereocenters. The molecule has 1 aromatic carbocycles. The van der Waals surface area contributed by atoms with Gasteiger partial charge in [0.1, 0.15) is 11.9 Å². The molecule has 0 spiro atoms. The number of rotatable bonds is 7. The number of hydrogen-bond donors (Lipinski definition) is 1. The van der Waals surface area contributed by atoms with Crippen LogP contribution in [-0.2, 0) is 17.1 Å². The lowest BCUT2D eigenvalue weighted by Gasteiger charge is -2.13. The van der Waals surface area contributed by atoms with E-state index in [4.69, 9.17) is 4.74 Å². The normalized spacial score (nSPS) is 11.0. The summed E-state index contributed by atoms with van der Waals surface area (Å²) in [7, 11) is -2.01. The smallest absolute Gasteiger partial charge is 0.324 e. The van der Waals surface area contributed by atoms with Crippen molar-refractivity contribution < 1.29 is 13.2 Å². The van der Waals surface area contributed by atoms with Crippen LogP contribution >= 0.6 is 0 Å². The molecule has 0 aliphatic rings. The van der Waals surface area contributed by atoms with Gasteiger partial charge in [0.2, 0.25) is 15.6 Å². The molecule has 1 N–H and O–H groups in total. The van der Waals surface area contributed by atoms with Crippen molar-refractivity contribution in [3.63, 3.8) is 0 Å². The van der Waals surface area contributed by atoms with Crippen molar-refractivity contribution >= 4 is 15.8 Å². The molecule has 9 nitrogen and oxygen atoms in total. The molecule has 0 atom stereocenters. The summed E-state index contributed by atoms with van der Waals surface area (Å²) in [4.78, 5) is 20.3. The molecule has 2 aromatic heterocycles. The molecule has 0 fully saturated rings. The maximum atomic E-state index is 12.3. The number of benzene rings is 1. The van der Waals surface area contributed by atoms with E-state index in [2.05, 4.69) is 20.8 Å². The summed E-state index contributed by atoms with van der Waals surface area (Å²) in [5.41, 5.74) is 1.71. The van der Waals surface area contributed by atoms with E-state index in [1.165, 1.54) is 16.7 Å². The van der Waals surface area contributed by atoms with Gasteiger partial charge < -0.3 is 9.30 Å². The van der Waals surface area contributed by atoms with Gasteiger partial charge in [0.15, 0.2) is 5.75 Å². The molecule has 0 saturated carbocycles. The monoisotopic (exact) mass is 439 g/mol. The van der Waals surface area contributed by atoms with Crippen LogP contribution in [0.25, 0.3) is 11.3 Å². The Morgan fingerprint density at radius 1 is 1.23 bits per heavy atom. The zero-order chi connectivity index (χ0) is 22.6. The minimum atomic E-state index is -3.61. The first-order chi connectivity index (χ1) is 14.7. The van der Waals surface area contributed by atoms with E-state index in [1.54, 1.807) is 51.4 Å². The zero-order valence-corrected chi connectivity index (χ0v) is 18.1. The van der Waals surface area contributed by atoms with E-state index >= 15 is 0 Å². The van der Waals surface area contributed by atoms with Crippen LogP contribution in [0.15, 0.2) is 47.4 Å². The fraction of sp³-hybridized carbons (Fsp3) is 0.238. The summed E-state index contributed by atoms with van der Waals surface area (Å²) in [6.07, 6.45) is 2.01. The number of pyridine rings is 1. The average Bonchev–Trinajstić information content (AvgIpc) is 2.71. The van der Waals surface area contributed by atoms with Crippen LogP contribution in [0.3, 0.4) is 0 Å². The SMILES string of the molecule is CCCS(=O)(=O)Nc1cc(-c2ccc(=O)n(C)c2)nc(Oc2c(C)cccc2C#N)n1. The van der Waals surface area contributed by atoms with Crippen molar-refractivity contribution in [2.45, 2.75) is 20.3 Å². The van der Waals surface area contributed by atoms with Crippen LogP contribution in [0.2, 0.25) is 0 Å². The first kappa shape index (κ1) is 22.0. The van der Waals surface area contributed by atoms with Crippen LogP contribution in [0.1, 0.15) is 24.5 Å². The molecular weight excluding hydrogens is 418 g/mol. The largest absolute Gasteiger partial charge is 0.423 e. The third-order valence-electron chi connectivity index (χ3n) is 4.35. The molecule has 0 aliphatic heterocycles. The van der Waals surface area contributed by atoms with Crippen molar-refractivity contribution in [1.82, 2.24) is 14.5 Å². The Morgan fingerprint density at radius 3 is 2.68 bits per heavy atom. The molecule has 160 valence electrons. The lowest BCUT2D eigenvalue weighted by molar-refractivity contribution is 0.439. The summed E-state index contributed by atoms with van der Waals surface area (Å²) < 4.78 is 34.2. The Bertz CT molecular complexity index is 1330. The minimum Gasteiger partial charge on any atom is -0.423 e. The fourth-order valence-electron chi connectivity index (χ4n) is 2.86. The van der Waals surface area contributed by atoms with Crippen LogP contribution in [0.4, 0.5) is 5.82 Å². The topological polar surface area (TPSA) is 127 Å². The van der Waals surface area contributed by atoms with E-state index in [1.807, 2.05) is 0 Å². The molecule has 10 heteroatoms. The van der Waals surface area contributed by atoms with Gasteiger partial charge in [-0.1, -0.05) is 19.1 Å². The Balaban J connectivity index is 2.12. The number of aromatic nitrogens is 3. The van der Waals surface area contributed by atoms with E-state index in [0.717, 1.165) is 0 Å². The molecule has 0 saturated heterocycles. The highest BCUT2D eigenvalue weighted by Gasteiger charge is 2.16. The molecule has 0 bridgehead atoms. The highest BCUT2D eigenvalue weighted by atomic mass is 32.2. The number of nitrogens with zero attached hydrogens (tertiary/aromatic N) is 4. The van der Waals surface area contributed by atoms with Crippen molar-refractivity contribution in [1.29, 1.82) is 5.26 Å². The highest BCUT2D eigenvalue weighted by Crippen LogP contribution is 2.29. The summed E-state index contributed by atoms with van der Waals surface area (Å²) >= 11 is 0. The maximum Gasteiger partial charge on any atom is 0.324 e. The summed E-state index contributed by atoms with van der Waals surface area (Å²) in [6.45, 7) is 3.53. The van der Waals surface area contributed by atoms with Gasteiger partial charge in [0, 0.05) is 30.9 Å². The van der Waals surface area contributed by atoms with Gasteiger partial charge in [0.25, 0.3) is 0 Å². The van der Waals surface area contributed by atoms with Crippen LogP contribution in [0.5, 0.6) is 11.8 Å². The minimum absolute atomic E-state index is 0.0226. The fourth-order valence-corrected chi connectivity index (χ4v) is 3.93. The van der Waals surface area contributed by atoms with Crippen LogP contribution in [0, 0.1) is 18.3 Å². The van der Waals surface area contributed by atoms with E-state index in [0.29, 0.717) is 28.8 Å². The first-order valence-corrected chi connectivity index (χ1v) is 11.1. The molecule has 2 heterocycles. The molecule has 3 rings (SSSR count). The number of sulfonamides is 1. The van der Waals surface area contributed by atoms with Gasteiger partial charge in [-0.2, -0.15) is 15.2 Å². The predicted molar refractivity (Wildman–Crippen MR) is 116 cm³/mol. The van der Waals surface area contributed by atoms with Gasteiger partial charge in [-0.25, -0.2) is 8.42 Å². The standard InChI is InChI=1S/C21H21N5O4S/c1-4-10-31(28,29)25-18-11-17(16-8-9-19(27)26(3)13-16)23-21(24-18)30-20-14(2)6-5-7-15(20)12-22/h5-9,11,13H,4,10H2,1-3H3,(H,23,24,25). The van der Waals surface area contributed by atoms with Crippen LogP contribution < -0.4 is 15.0 Å². The Morgan fingerprint density at radius 2 is 2.00 bits per heavy atom. The third-order valence-corrected chi connectivity index (χ3v) is 5.81. The van der Waals surface area contributed by atoms with Gasteiger partial charge in [0.05, 0.1) is 17.0 Å². The van der Waals surface area contributed by atoms with E-state index in [-0.39, 0.29) is 28.9 Å². The summed E-state index contributed by atoms with van der Waals surface area (Å²) in [5.74, 6) is 0.234. The molecule has 0 radical (unpaired) electrons.